The number of nitrogens with zero attached hydrogens (tertiary/aromatic N) is 4. The van der Waals surface area contributed by atoms with Crippen LogP contribution in [-0.4, -0.2) is 42.7 Å². The van der Waals surface area contributed by atoms with Crippen LogP contribution in [0.25, 0.3) is 11.2 Å². The first-order valence-electron chi connectivity index (χ1n) is 12.1. The molecule has 1 aliphatic rings. The fraction of sp³-hybridized carbons (Fsp3) is 0.500. The SMILES string of the molecule is CCC[C@H](CCC(N)=O)n1c(Nc2c(F)cc(F)cc2F)nc2cnc(N[C@H]3CCCC(O)C3)nc21. The quantitative estimate of drug-likeness (QED) is 0.323. The summed E-state index contributed by atoms with van der Waals surface area (Å²) in [6.07, 6.45) is 6.02. The minimum absolute atomic E-state index is 0.00359. The van der Waals surface area contributed by atoms with Gasteiger partial charge in [-0.1, -0.05) is 13.3 Å². The lowest BCUT2D eigenvalue weighted by molar-refractivity contribution is -0.118. The van der Waals surface area contributed by atoms with Gasteiger partial charge in [-0.15, -0.1) is 0 Å². The summed E-state index contributed by atoms with van der Waals surface area (Å²) in [5, 5.41) is 15.9. The predicted molar refractivity (Wildman–Crippen MR) is 129 cm³/mol. The molecule has 1 amide bonds. The Morgan fingerprint density at radius 1 is 1.22 bits per heavy atom. The molecule has 0 saturated heterocycles. The monoisotopic (exact) mass is 505 g/mol. The number of benzene rings is 1. The van der Waals surface area contributed by atoms with Crippen molar-refractivity contribution in [1.82, 2.24) is 19.5 Å². The molecule has 3 aromatic rings. The summed E-state index contributed by atoms with van der Waals surface area (Å²) in [4.78, 5) is 25.0. The number of imidazole rings is 1. The first-order chi connectivity index (χ1) is 17.2. The average Bonchev–Trinajstić information content (AvgIpc) is 3.16. The number of aliphatic hydroxyl groups excluding tert-OH is 1. The normalized spacial score (nSPS) is 18.8. The molecule has 12 heteroatoms. The van der Waals surface area contributed by atoms with Crippen molar-refractivity contribution in [3.8, 4) is 0 Å². The van der Waals surface area contributed by atoms with Crippen LogP contribution >= 0.6 is 0 Å². The molecule has 0 aliphatic heterocycles. The number of fused-ring (bicyclic) bond motifs is 1. The van der Waals surface area contributed by atoms with Crippen molar-refractivity contribution in [3.05, 3.63) is 35.8 Å². The molecule has 4 rings (SSSR count). The average molecular weight is 506 g/mol. The van der Waals surface area contributed by atoms with Gasteiger partial charge in [0, 0.05) is 30.6 Å². The minimum atomic E-state index is -1.11. The number of primary amides is 1. The van der Waals surface area contributed by atoms with Crippen molar-refractivity contribution >= 4 is 34.7 Å². The van der Waals surface area contributed by atoms with Crippen molar-refractivity contribution in [2.24, 2.45) is 5.73 Å². The summed E-state index contributed by atoms with van der Waals surface area (Å²) in [7, 11) is 0. The van der Waals surface area contributed by atoms with E-state index in [1.807, 2.05) is 6.92 Å². The smallest absolute Gasteiger partial charge is 0.224 e. The van der Waals surface area contributed by atoms with Gasteiger partial charge in [0.25, 0.3) is 0 Å². The first-order valence-corrected chi connectivity index (χ1v) is 12.1. The Bertz CT molecular complexity index is 1210. The Balaban J connectivity index is 1.77. The topological polar surface area (TPSA) is 131 Å². The number of hydrogen-bond acceptors (Lipinski definition) is 7. The van der Waals surface area contributed by atoms with Crippen molar-refractivity contribution in [1.29, 1.82) is 0 Å². The molecule has 1 unspecified atom stereocenters. The molecule has 9 nitrogen and oxygen atoms in total. The van der Waals surface area contributed by atoms with Gasteiger partial charge in [0.1, 0.15) is 17.0 Å². The first kappa shape index (κ1) is 25.7. The number of nitrogens with one attached hydrogen (secondary N) is 2. The summed E-state index contributed by atoms with van der Waals surface area (Å²) in [5.74, 6) is -3.32. The fourth-order valence-corrected chi connectivity index (χ4v) is 4.69. The zero-order chi connectivity index (χ0) is 25.8. The summed E-state index contributed by atoms with van der Waals surface area (Å²) < 4.78 is 44.0. The van der Waals surface area contributed by atoms with E-state index < -0.39 is 29.0 Å². The maximum absolute atomic E-state index is 14.4. The highest BCUT2D eigenvalue weighted by molar-refractivity contribution is 5.77. The molecule has 2 aromatic heterocycles. The van der Waals surface area contributed by atoms with Crippen LogP contribution in [0.15, 0.2) is 18.3 Å². The molecular formula is C24H30F3N7O2. The van der Waals surface area contributed by atoms with E-state index in [4.69, 9.17) is 5.73 Å². The van der Waals surface area contributed by atoms with Gasteiger partial charge in [0.2, 0.25) is 17.8 Å². The Morgan fingerprint density at radius 2 is 1.97 bits per heavy atom. The van der Waals surface area contributed by atoms with Crippen LogP contribution in [0, 0.1) is 17.5 Å². The molecule has 2 heterocycles. The molecule has 1 saturated carbocycles. The summed E-state index contributed by atoms with van der Waals surface area (Å²) >= 11 is 0. The summed E-state index contributed by atoms with van der Waals surface area (Å²) in [5.41, 5.74) is 5.60. The molecule has 3 atom stereocenters. The van der Waals surface area contributed by atoms with E-state index in [-0.39, 0.29) is 30.6 Å². The molecule has 36 heavy (non-hydrogen) atoms. The Kier molecular flexibility index (Phi) is 7.92. The van der Waals surface area contributed by atoms with Crippen molar-refractivity contribution < 1.29 is 23.1 Å². The number of nitrogens with two attached hydrogens (primary N) is 1. The van der Waals surface area contributed by atoms with Crippen LogP contribution < -0.4 is 16.4 Å². The number of hydrogen-bond donors (Lipinski definition) is 4. The molecule has 194 valence electrons. The van der Waals surface area contributed by atoms with Crippen LogP contribution in [0.3, 0.4) is 0 Å². The van der Waals surface area contributed by atoms with Gasteiger partial charge >= 0.3 is 0 Å². The number of carbonyl (C=O) groups is 1. The summed E-state index contributed by atoms with van der Waals surface area (Å²) in [6, 6.07) is 0.843. The van der Waals surface area contributed by atoms with Crippen LogP contribution in [0.4, 0.5) is 30.8 Å². The zero-order valence-corrected chi connectivity index (χ0v) is 20.0. The highest BCUT2D eigenvalue weighted by atomic mass is 19.1. The maximum atomic E-state index is 14.4. The molecule has 1 aromatic carbocycles. The molecule has 0 spiro atoms. The van der Waals surface area contributed by atoms with E-state index in [1.165, 1.54) is 6.20 Å². The lowest BCUT2D eigenvalue weighted by Gasteiger charge is -2.26. The molecule has 5 N–H and O–H groups in total. The van der Waals surface area contributed by atoms with Crippen molar-refractivity contribution in [2.75, 3.05) is 10.6 Å². The number of aliphatic hydroxyl groups is 1. The molecular weight excluding hydrogens is 475 g/mol. The van der Waals surface area contributed by atoms with E-state index in [9.17, 15) is 23.1 Å². The zero-order valence-electron chi connectivity index (χ0n) is 20.0. The van der Waals surface area contributed by atoms with Crippen molar-refractivity contribution in [3.63, 3.8) is 0 Å². The largest absolute Gasteiger partial charge is 0.393 e. The number of rotatable bonds is 10. The number of carbonyl (C=O) groups excluding carboxylic acids is 1. The van der Waals surface area contributed by atoms with Gasteiger partial charge in [0.15, 0.2) is 17.3 Å². The van der Waals surface area contributed by atoms with E-state index in [2.05, 4.69) is 25.6 Å². The molecule has 0 radical (unpaired) electrons. The van der Waals surface area contributed by atoms with Crippen molar-refractivity contribution in [2.45, 2.75) is 76.5 Å². The lowest BCUT2D eigenvalue weighted by Crippen LogP contribution is -2.30. The van der Waals surface area contributed by atoms with Gasteiger partial charge in [-0.2, -0.15) is 4.98 Å². The van der Waals surface area contributed by atoms with E-state index in [1.54, 1.807) is 4.57 Å². The number of anilines is 3. The standard InChI is InChI=1S/C24H30F3N7O2/c1-2-4-15(7-8-20(28)36)34-22-19(12-29-23(33-22)30-14-5-3-6-16(35)11-14)31-24(34)32-21-17(26)9-13(25)10-18(21)27/h9-10,12,14-16,35H,2-8,11H2,1H3,(H2,28,36)(H,31,32)(H,29,30,33)/t14-,15+,16?/m0/s1. The van der Waals surface area contributed by atoms with E-state index >= 15 is 0 Å². The minimum Gasteiger partial charge on any atom is -0.393 e. The fourth-order valence-electron chi connectivity index (χ4n) is 4.69. The molecule has 1 fully saturated rings. The highest BCUT2D eigenvalue weighted by Crippen LogP contribution is 2.33. The second-order valence-electron chi connectivity index (χ2n) is 9.19. The van der Waals surface area contributed by atoms with Gasteiger partial charge in [-0.25, -0.2) is 23.1 Å². The van der Waals surface area contributed by atoms with E-state index in [0.29, 0.717) is 48.5 Å². The highest BCUT2D eigenvalue weighted by Gasteiger charge is 2.25. The summed E-state index contributed by atoms with van der Waals surface area (Å²) in [6.45, 7) is 1.97. The Morgan fingerprint density at radius 3 is 2.64 bits per heavy atom. The molecule has 1 aliphatic carbocycles. The van der Waals surface area contributed by atoms with Crippen LogP contribution in [0.5, 0.6) is 0 Å². The molecule has 0 bridgehead atoms. The van der Waals surface area contributed by atoms with Crippen LogP contribution in [-0.2, 0) is 4.79 Å². The van der Waals surface area contributed by atoms with Gasteiger partial charge in [0.05, 0.1) is 12.3 Å². The van der Waals surface area contributed by atoms with Gasteiger partial charge in [-0.05, 0) is 38.5 Å². The van der Waals surface area contributed by atoms with Gasteiger partial charge < -0.3 is 21.5 Å². The third kappa shape index (κ3) is 5.86. The number of aromatic nitrogens is 4. The number of amides is 1. The Labute approximate surface area is 206 Å². The lowest BCUT2D eigenvalue weighted by atomic mass is 9.93. The van der Waals surface area contributed by atoms with E-state index in [0.717, 1.165) is 25.7 Å². The third-order valence-electron chi connectivity index (χ3n) is 6.37. The van der Waals surface area contributed by atoms with Gasteiger partial charge in [-0.3, -0.25) is 9.36 Å². The third-order valence-corrected chi connectivity index (χ3v) is 6.37. The predicted octanol–water partition coefficient (Wildman–Crippen LogP) is 4.31. The van der Waals surface area contributed by atoms with Crippen LogP contribution in [0.1, 0.15) is 64.3 Å². The number of halogens is 3. The Hall–Kier alpha value is -3.41. The second kappa shape index (κ2) is 11.1. The second-order valence-corrected chi connectivity index (χ2v) is 9.19. The maximum Gasteiger partial charge on any atom is 0.224 e. The van der Waals surface area contributed by atoms with Crippen LogP contribution in [0.2, 0.25) is 0 Å².